The Bertz CT molecular complexity index is 524. The first kappa shape index (κ1) is 11.0. The largest absolute Gasteiger partial charge is 0.391 e. The first-order chi connectivity index (χ1) is 8.15. The second-order valence-corrected chi connectivity index (χ2v) is 5.35. The molecule has 0 radical (unpaired) electrons. The molecule has 1 aromatic carbocycles. The summed E-state index contributed by atoms with van der Waals surface area (Å²) in [6.45, 7) is 4.73. The number of aliphatic imine (C=N–C) groups is 1. The molecule has 1 fully saturated rings. The number of amidine groups is 1. The van der Waals surface area contributed by atoms with E-state index >= 15 is 0 Å². The minimum atomic E-state index is -0.275. The summed E-state index contributed by atoms with van der Waals surface area (Å²) in [5.74, 6) is 1.02. The molecule has 2 heterocycles. The van der Waals surface area contributed by atoms with Crippen LogP contribution in [0.3, 0.4) is 0 Å². The molecule has 1 unspecified atom stereocenters. The average molecular weight is 293 g/mol. The van der Waals surface area contributed by atoms with Crippen molar-refractivity contribution in [2.24, 2.45) is 4.99 Å². The zero-order valence-corrected chi connectivity index (χ0v) is 10.9. The predicted molar refractivity (Wildman–Crippen MR) is 72.2 cm³/mol. The van der Waals surface area contributed by atoms with Gasteiger partial charge in [0.25, 0.3) is 0 Å². The van der Waals surface area contributed by atoms with Gasteiger partial charge in [-0.1, -0.05) is 22.5 Å². The van der Waals surface area contributed by atoms with Gasteiger partial charge in [0.2, 0.25) is 0 Å². The molecule has 0 bridgehead atoms. The summed E-state index contributed by atoms with van der Waals surface area (Å²) in [5, 5.41) is 9.71. The van der Waals surface area contributed by atoms with Crippen LogP contribution in [0.4, 0.5) is 5.69 Å². The summed E-state index contributed by atoms with van der Waals surface area (Å²) in [5.41, 5.74) is 2.95. The van der Waals surface area contributed by atoms with E-state index in [1.54, 1.807) is 0 Å². The summed E-state index contributed by atoms with van der Waals surface area (Å²) < 4.78 is 1.03. The van der Waals surface area contributed by atoms with Gasteiger partial charge < -0.3 is 10.0 Å². The lowest BCUT2D eigenvalue weighted by molar-refractivity contribution is 0.136. The van der Waals surface area contributed by atoms with Gasteiger partial charge in [-0.15, -0.1) is 0 Å². The smallest absolute Gasteiger partial charge is 0.109 e. The van der Waals surface area contributed by atoms with Crippen molar-refractivity contribution in [1.29, 1.82) is 0 Å². The van der Waals surface area contributed by atoms with Gasteiger partial charge in [0.15, 0.2) is 0 Å². The van der Waals surface area contributed by atoms with Crippen LogP contribution >= 0.6 is 15.9 Å². The van der Waals surface area contributed by atoms with Crippen molar-refractivity contribution in [2.75, 3.05) is 6.54 Å². The van der Waals surface area contributed by atoms with Crippen LogP contribution in [0.25, 0.3) is 5.70 Å². The number of hydrogen-bond donors (Lipinski definition) is 1. The van der Waals surface area contributed by atoms with Gasteiger partial charge in [-0.05, 0) is 24.6 Å². The summed E-state index contributed by atoms with van der Waals surface area (Å²) >= 11 is 3.46. The molecule has 3 rings (SSSR count). The van der Waals surface area contributed by atoms with Gasteiger partial charge in [0.05, 0.1) is 18.3 Å². The number of benzene rings is 1. The number of piperidine rings is 1. The summed E-state index contributed by atoms with van der Waals surface area (Å²) in [7, 11) is 0. The lowest BCUT2D eigenvalue weighted by Crippen LogP contribution is -2.42. The van der Waals surface area contributed by atoms with E-state index in [9.17, 15) is 5.11 Å². The van der Waals surface area contributed by atoms with Crippen LogP contribution in [0.5, 0.6) is 0 Å². The summed E-state index contributed by atoms with van der Waals surface area (Å²) in [6.07, 6.45) is 1.32. The van der Waals surface area contributed by atoms with Gasteiger partial charge in [-0.3, -0.25) is 0 Å². The highest BCUT2D eigenvalue weighted by molar-refractivity contribution is 9.10. The molecule has 2 aliphatic rings. The van der Waals surface area contributed by atoms with E-state index in [4.69, 9.17) is 0 Å². The third kappa shape index (κ3) is 1.81. The molecule has 2 aliphatic heterocycles. The number of fused-ring (bicyclic) bond motifs is 2. The Morgan fingerprint density at radius 3 is 3.12 bits per heavy atom. The van der Waals surface area contributed by atoms with Gasteiger partial charge in [0, 0.05) is 22.2 Å². The first-order valence-corrected chi connectivity index (χ1v) is 6.46. The van der Waals surface area contributed by atoms with E-state index in [0.717, 1.165) is 40.1 Å². The number of aliphatic hydroxyl groups is 1. The van der Waals surface area contributed by atoms with Crippen molar-refractivity contribution in [3.05, 3.63) is 34.8 Å². The van der Waals surface area contributed by atoms with Crippen LogP contribution in [-0.2, 0) is 0 Å². The van der Waals surface area contributed by atoms with Crippen molar-refractivity contribution in [3.63, 3.8) is 0 Å². The van der Waals surface area contributed by atoms with Crippen LogP contribution in [0.15, 0.2) is 34.2 Å². The van der Waals surface area contributed by atoms with E-state index in [0.29, 0.717) is 6.54 Å². The fourth-order valence-corrected chi connectivity index (χ4v) is 2.70. The van der Waals surface area contributed by atoms with Crippen molar-refractivity contribution < 1.29 is 5.11 Å². The van der Waals surface area contributed by atoms with E-state index < -0.39 is 0 Å². The van der Waals surface area contributed by atoms with Crippen LogP contribution in [0, 0.1) is 0 Å². The van der Waals surface area contributed by atoms with Crippen LogP contribution < -0.4 is 0 Å². The molecule has 4 heteroatoms. The highest BCUT2D eigenvalue weighted by Crippen LogP contribution is 2.37. The summed E-state index contributed by atoms with van der Waals surface area (Å²) in [4.78, 5) is 6.69. The van der Waals surface area contributed by atoms with Crippen LogP contribution in [-0.4, -0.2) is 28.5 Å². The average Bonchev–Trinajstić information content (AvgIpc) is 2.30. The molecule has 1 saturated heterocycles. The molecule has 0 amide bonds. The molecule has 1 aromatic rings. The Morgan fingerprint density at radius 1 is 1.47 bits per heavy atom. The Hall–Kier alpha value is -1.13. The quantitative estimate of drug-likeness (QED) is 0.798. The molecule has 0 aliphatic carbocycles. The normalized spacial score (nSPS) is 22.9. The lowest BCUT2D eigenvalue weighted by atomic mass is 10.0. The number of halogens is 1. The lowest BCUT2D eigenvalue weighted by Gasteiger charge is -2.37. The fourth-order valence-electron chi connectivity index (χ4n) is 2.35. The minimum Gasteiger partial charge on any atom is -0.391 e. The Balaban J connectivity index is 2.08. The second-order valence-electron chi connectivity index (χ2n) is 4.44. The molecule has 0 spiro atoms. The van der Waals surface area contributed by atoms with Gasteiger partial charge >= 0.3 is 0 Å². The summed E-state index contributed by atoms with van der Waals surface area (Å²) in [6, 6.07) is 6.02. The van der Waals surface area contributed by atoms with Crippen molar-refractivity contribution >= 4 is 33.1 Å². The van der Waals surface area contributed by atoms with Crippen LogP contribution in [0.2, 0.25) is 0 Å². The third-order valence-corrected chi connectivity index (χ3v) is 3.75. The fraction of sp³-hybridized carbons (Fsp3) is 0.308. The molecule has 0 saturated carbocycles. The number of rotatable bonds is 0. The second kappa shape index (κ2) is 3.96. The maximum Gasteiger partial charge on any atom is 0.109 e. The highest BCUT2D eigenvalue weighted by Gasteiger charge is 2.29. The molecule has 17 heavy (non-hydrogen) atoms. The zero-order valence-electron chi connectivity index (χ0n) is 9.36. The number of hydrogen-bond acceptors (Lipinski definition) is 3. The highest BCUT2D eigenvalue weighted by atomic mass is 79.9. The van der Waals surface area contributed by atoms with Gasteiger partial charge in [-0.2, -0.15) is 0 Å². The predicted octanol–water partition coefficient (Wildman–Crippen LogP) is 2.92. The number of nitrogens with zero attached hydrogens (tertiary/aromatic N) is 2. The van der Waals surface area contributed by atoms with Gasteiger partial charge in [-0.25, -0.2) is 4.99 Å². The van der Waals surface area contributed by atoms with Gasteiger partial charge in [0.1, 0.15) is 5.84 Å². The van der Waals surface area contributed by atoms with Crippen LogP contribution in [0.1, 0.15) is 18.4 Å². The Labute approximate surface area is 109 Å². The molecule has 1 N–H and O–H groups in total. The minimum absolute atomic E-state index is 0.275. The monoisotopic (exact) mass is 292 g/mol. The van der Waals surface area contributed by atoms with E-state index in [-0.39, 0.29) is 6.10 Å². The standard InChI is InChI=1S/C13H13BrN2O/c1-8-11-4-2-9(14)6-12(11)15-13-5-3-10(17)7-16(8)13/h2,4,6,10,17H,1,3,5,7H2. The van der Waals surface area contributed by atoms with E-state index in [1.807, 2.05) is 23.1 Å². The van der Waals surface area contributed by atoms with E-state index in [1.165, 1.54) is 0 Å². The maximum atomic E-state index is 9.71. The van der Waals surface area contributed by atoms with E-state index in [2.05, 4.69) is 27.5 Å². The molecular formula is C13H13BrN2O. The molecule has 1 atom stereocenters. The topological polar surface area (TPSA) is 35.8 Å². The Morgan fingerprint density at radius 2 is 2.29 bits per heavy atom. The Kier molecular flexibility index (Phi) is 2.56. The third-order valence-electron chi connectivity index (χ3n) is 3.25. The molecule has 88 valence electrons. The maximum absolute atomic E-state index is 9.71. The first-order valence-electron chi connectivity index (χ1n) is 5.67. The van der Waals surface area contributed by atoms with Crippen molar-refractivity contribution in [3.8, 4) is 0 Å². The van der Waals surface area contributed by atoms with Crippen molar-refractivity contribution in [1.82, 2.24) is 4.90 Å². The zero-order chi connectivity index (χ0) is 12.0. The van der Waals surface area contributed by atoms with Crippen molar-refractivity contribution in [2.45, 2.75) is 18.9 Å². The molecule has 3 nitrogen and oxygen atoms in total. The SMILES string of the molecule is C=C1c2ccc(Br)cc2N=C2CCC(O)CN12. The molecular weight excluding hydrogens is 280 g/mol. The number of aliphatic hydroxyl groups excluding tert-OH is 1. The molecule has 0 aromatic heterocycles.